The van der Waals surface area contributed by atoms with Crippen molar-refractivity contribution in [2.75, 3.05) is 7.11 Å². The lowest BCUT2D eigenvalue weighted by Gasteiger charge is -2.11. The Labute approximate surface area is 130 Å². The van der Waals surface area contributed by atoms with E-state index in [2.05, 4.69) is 25.5 Å². The molecule has 0 aliphatic rings. The van der Waals surface area contributed by atoms with Gasteiger partial charge in [0.05, 0.1) is 29.7 Å². The van der Waals surface area contributed by atoms with Gasteiger partial charge >= 0.3 is 0 Å². The first-order chi connectivity index (χ1) is 9.74. The zero-order chi connectivity index (χ0) is 14.1. The number of alkyl halides is 1. The number of methoxy groups -OCH3 is 1. The lowest BCUT2D eigenvalue weighted by molar-refractivity contribution is 0.414. The minimum absolute atomic E-state index is 0.346. The minimum Gasteiger partial charge on any atom is -0.497 e. The first kappa shape index (κ1) is 13.5. The van der Waals surface area contributed by atoms with Gasteiger partial charge in [-0.05, 0) is 40.2 Å². The molecule has 102 valence electrons. The fourth-order valence-corrected chi connectivity index (χ4v) is 2.83. The van der Waals surface area contributed by atoms with Gasteiger partial charge in [0.2, 0.25) is 0 Å². The Morgan fingerprint density at radius 1 is 1.25 bits per heavy atom. The fraction of sp³-hybridized carbons (Fsp3) is 0.133. The molecule has 3 rings (SSSR count). The van der Waals surface area contributed by atoms with Crippen LogP contribution >= 0.6 is 27.5 Å². The maximum atomic E-state index is 6.05. The van der Waals surface area contributed by atoms with E-state index in [0.717, 1.165) is 32.8 Å². The molecule has 0 atom stereocenters. The normalized spacial score (nSPS) is 10.9. The first-order valence-electron chi connectivity index (χ1n) is 6.11. The van der Waals surface area contributed by atoms with Crippen LogP contribution in [0.25, 0.3) is 16.7 Å². The third kappa shape index (κ3) is 2.19. The second-order valence-electron chi connectivity index (χ2n) is 4.30. The van der Waals surface area contributed by atoms with Crippen LogP contribution in [-0.4, -0.2) is 16.7 Å². The quantitative estimate of drug-likeness (QED) is 0.648. The lowest BCUT2D eigenvalue weighted by atomic mass is 10.2. The van der Waals surface area contributed by atoms with E-state index in [-0.39, 0.29) is 0 Å². The highest BCUT2D eigenvalue weighted by molar-refractivity contribution is 9.10. The topological polar surface area (TPSA) is 27.1 Å². The van der Waals surface area contributed by atoms with E-state index in [1.165, 1.54) is 0 Å². The van der Waals surface area contributed by atoms with E-state index in [1.54, 1.807) is 7.11 Å². The zero-order valence-electron chi connectivity index (χ0n) is 10.8. The van der Waals surface area contributed by atoms with Crippen LogP contribution in [0.15, 0.2) is 46.9 Å². The molecule has 0 saturated heterocycles. The average molecular weight is 352 g/mol. The monoisotopic (exact) mass is 350 g/mol. The molecule has 0 N–H and O–H groups in total. The number of rotatable bonds is 3. The van der Waals surface area contributed by atoms with Crippen molar-refractivity contribution >= 4 is 38.6 Å². The van der Waals surface area contributed by atoms with E-state index in [9.17, 15) is 0 Å². The third-order valence-electron chi connectivity index (χ3n) is 3.14. The number of nitrogens with zero attached hydrogens (tertiary/aromatic N) is 2. The number of hydrogen-bond donors (Lipinski definition) is 0. The summed E-state index contributed by atoms with van der Waals surface area (Å²) in [5.41, 5.74) is 2.92. The van der Waals surface area contributed by atoms with E-state index in [4.69, 9.17) is 16.3 Å². The summed E-state index contributed by atoms with van der Waals surface area (Å²) in [6, 6.07) is 13.8. The van der Waals surface area contributed by atoms with Crippen LogP contribution in [0.2, 0.25) is 0 Å². The van der Waals surface area contributed by atoms with Gasteiger partial charge in [-0.1, -0.05) is 12.1 Å². The highest BCUT2D eigenvalue weighted by Crippen LogP contribution is 2.30. The van der Waals surface area contributed by atoms with Crippen molar-refractivity contribution in [3.8, 4) is 11.4 Å². The minimum atomic E-state index is 0.346. The van der Waals surface area contributed by atoms with E-state index < -0.39 is 0 Å². The van der Waals surface area contributed by atoms with Crippen LogP contribution in [0.4, 0.5) is 0 Å². The molecule has 1 heterocycles. The Morgan fingerprint density at radius 2 is 2.05 bits per heavy atom. The van der Waals surface area contributed by atoms with E-state index >= 15 is 0 Å². The number of halogens is 2. The van der Waals surface area contributed by atoms with Crippen LogP contribution < -0.4 is 4.74 Å². The fourth-order valence-electron chi connectivity index (χ4n) is 2.23. The summed E-state index contributed by atoms with van der Waals surface area (Å²) in [4.78, 5) is 4.57. The maximum Gasteiger partial charge on any atom is 0.129 e. The second kappa shape index (κ2) is 5.46. The smallest absolute Gasteiger partial charge is 0.129 e. The molecule has 0 unspecified atom stereocenters. The molecule has 0 aliphatic heterocycles. The molecular formula is C15H12BrClN2O. The summed E-state index contributed by atoms with van der Waals surface area (Å²) < 4.78 is 8.32. The number of para-hydroxylation sites is 2. The van der Waals surface area contributed by atoms with Crippen molar-refractivity contribution in [2.45, 2.75) is 5.88 Å². The molecule has 1 aromatic heterocycles. The number of ether oxygens (including phenoxy) is 1. The van der Waals surface area contributed by atoms with Crippen molar-refractivity contribution < 1.29 is 4.74 Å². The van der Waals surface area contributed by atoms with Gasteiger partial charge in [0.15, 0.2) is 0 Å². The highest BCUT2D eigenvalue weighted by atomic mass is 79.9. The molecule has 0 amide bonds. The van der Waals surface area contributed by atoms with Gasteiger partial charge in [-0.2, -0.15) is 0 Å². The van der Waals surface area contributed by atoms with Crippen LogP contribution in [0, 0.1) is 0 Å². The van der Waals surface area contributed by atoms with Gasteiger partial charge in [-0.25, -0.2) is 4.98 Å². The number of benzene rings is 2. The Morgan fingerprint density at radius 3 is 2.80 bits per heavy atom. The molecule has 0 radical (unpaired) electrons. The Balaban J connectivity index is 2.33. The van der Waals surface area contributed by atoms with Gasteiger partial charge in [-0.3, -0.25) is 4.57 Å². The highest BCUT2D eigenvalue weighted by Gasteiger charge is 2.14. The molecule has 2 aromatic carbocycles. The van der Waals surface area contributed by atoms with Crippen LogP contribution in [-0.2, 0) is 5.88 Å². The lowest BCUT2D eigenvalue weighted by Crippen LogP contribution is -2.00. The number of hydrogen-bond acceptors (Lipinski definition) is 2. The summed E-state index contributed by atoms with van der Waals surface area (Å²) >= 11 is 9.63. The SMILES string of the molecule is COc1ccc(Br)c(-n2c(CCl)nc3ccccc32)c1. The van der Waals surface area contributed by atoms with Crippen molar-refractivity contribution in [3.05, 3.63) is 52.8 Å². The summed E-state index contributed by atoms with van der Waals surface area (Å²) in [5, 5.41) is 0. The summed E-state index contributed by atoms with van der Waals surface area (Å²) in [6.07, 6.45) is 0. The largest absolute Gasteiger partial charge is 0.497 e. The zero-order valence-corrected chi connectivity index (χ0v) is 13.1. The molecule has 0 aliphatic carbocycles. The molecule has 5 heteroatoms. The third-order valence-corrected chi connectivity index (χ3v) is 4.05. The van der Waals surface area contributed by atoms with Gasteiger partial charge in [-0.15, -0.1) is 11.6 Å². The van der Waals surface area contributed by atoms with Crippen LogP contribution in [0.3, 0.4) is 0 Å². The predicted molar refractivity (Wildman–Crippen MR) is 84.9 cm³/mol. The molecule has 3 aromatic rings. The van der Waals surface area contributed by atoms with Gasteiger partial charge in [0.1, 0.15) is 11.6 Å². The molecule has 3 nitrogen and oxygen atoms in total. The first-order valence-corrected chi connectivity index (χ1v) is 7.43. The molecule has 0 bridgehead atoms. The molecule has 0 fully saturated rings. The predicted octanol–water partition coefficient (Wildman–Crippen LogP) is 4.54. The summed E-state index contributed by atoms with van der Waals surface area (Å²) in [6.45, 7) is 0. The van der Waals surface area contributed by atoms with Crippen molar-refractivity contribution in [1.29, 1.82) is 0 Å². The number of aromatic nitrogens is 2. The number of imidazole rings is 1. The van der Waals surface area contributed by atoms with Crippen molar-refractivity contribution in [1.82, 2.24) is 9.55 Å². The van der Waals surface area contributed by atoms with Gasteiger partial charge in [0, 0.05) is 10.5 Å². The summed E-state index contributed by atoms with van der Waals surface area (Å²) in [5.74, 6) is 1.95. The van der Waals surface area contributed by atoms with Crippen molar-refractivity contribution in [2.24, 2.45) is 0 Å². The summed E-state index contributed by atoms with van der Waals surface area (Å²) in [7, 11) is 1.65. The molecule has 0 saturated carbocycles. The van der Waals surface area contributed by atoms with E-state index in [0.29, 0.717) is 5.88 Å². The maximum absolute atomic E-state index is 6.05. The van der Waals surface area contributed by atoms with Crippen LogP contribution in [0.1, 0.15) is 5.82 Å². The second-order valence-corrected chi connectivity index (χ2v) is 5.42. The van der Waals surface area contributed by atoms with Gasteiger partial charge < -0.3 is 4.74 Å². The Bertz CT molecular complexity index is 770. The number of fused-ring (bicyclic) bond motifs is 1. The molecule has 20 heavy (non-hydrogen) atoms. The standard InChI is InChI=1S/C15H12BrClN2O/c1-20-10-6-7-11(16)14(8-10)19-13-5-3-2-4-12(13)18-15(19)9-17/h2-8H,9H2,1H3. The van der Waals surface area contributed by atoms with Crippen molar-refractivity contribution in [3.63, 3.8) is 0 Å². The van der Waals surface area contributed by atoms with E-state index in [1.807, 2.05) is 42.5 Å². The average Bonchev–Trinajstić information content (AvgIpc) is 2.86. The molecule has 0 spiro atoms. The Hall–Kier alpha value is -1.52. The Kier molecular flexibility index (Phi) is 3.68. The van der Waals surface area contributed by atoms with Crippen LogP contribution in [0.5, 0.6) is 5.75 Å². The van der Waals surface area contributed by atoms with Gasteiger partial charge in [0.25, 0.3) is 0 Å². The molecular weight excluding hydrogens is 340 g/mol.